The summed E-state index contributed by atoms with van der Waals surface area (Å²) in [6.45, 7) is 0. The second-order valence-electron chi connectivity index (χ2n) is 5.43. The topological polar surface area (TPSA) is 61.6 Å². The summed E-state index contributed by atoms with van der Waals surface area (Å²) in [5.74, 6) is 0.138. The standard InChI is InChI=1S/C19H12F3NO4/c20-19(21,22)27-16-9-6-13(7-10-16)14-8-11-18(17(12-14)23(24)25)26-15-4-2-1-3-5-15/h1-12H. The molecule has 3 aromatic carbocycles. The van der Waals surface area contributed by atoms with Crippen LogP contribution in [0.5, 0.6) is 17.2 Å². The summed E-state index contributed by atoms with van der Waals surface area (Å²) in [4.78, 5) is 10.8. The highest BCUT2D eigenvalue weighted by atomic mass is 19.4. The van der Waals surface area contributed by atoms with Gasteiger partial charge in [0.1, 0.15) is 11.5 Å². The number of nitro benzene ring substituents is 1. The Balaban J connectivity index is 1.88. The number of rotatable bonds is 5. The van der Waals surface area contributed by atoms with Gasteiger partial charge in [-0.2, -0.15) is 0 Å². The minimum Gasteiger partial charge on any atom is -0.450 e. The SMILES string of the molecule is O=[N+]([O-])c1cc(-c2ccc(OC(F)(F)F)cc2)ccc1Oc1ccccc1. The van der Waals surface area contributed by atoms with Gasteiger partial charge in [0.15, 0.2) is 0 Å². The van der Waals surface area contributed by atoms with Gasteiger partial charge in [-0.25, -0.2) is 0 Å². The number of benzene rings is 3. The van der Waals surface area contributed by atoms with Crippen LogP contribution in [0.25, 0.3) is 11.1 Å². The average molecular weight is 375 g/mol. The molecule has 5 nitrogen and oxygen atoms in total. The molecule has 0 fully saturated rings. The molecule has 0 unspecified atom stereocenters. The highest BCUT2D eigenvalue weighted by molar-refractivity contribution is 5.69. The zero-order valence-electron chi connectivity index (χ0n) is 13.6. The summed E-state index contributed by atoms with van der Waals surface area (Å²) in [7, 11) is 0. The zero-order chi connectivity index (χ0) is 19.4. The Morgan fingerprint density at radius 3 is 2.04 bits per heavy atom. The Morgan fingerprint density at radius 1 is 0.815 bits per heavy atom. The highest BCUT2D eigenvalue weighted by Crippen LogP contribution is 2.35. The summed E-state index contributed by atoms with van der Waals surface area (Å²) in [5.41, 5.74) is 0.700. The van der Waals surface area contributed by atoms with Crippen molar-refractivity contribution >= 4 is 5.69 Å². The predicted molar refractivity (Wildman–Crippen MR) is 91.7 cm³/mol. The van der Waals surface area contributed by atoms with E-state index in [1.165, 1.54) is 24.3 Å². The van der Waals surface area contributed by atoms with Crippen LogP contribution in [-0.4, -0.2) is 11.3 Å². The van der Waals surface area contributed by atoms with E-state index < -0.39 is 11.3 Å². The summed E-state index contributed by atoms with van der Waals surface area (Å²) >= 11 is 0. The summed E-state index contributed by atoms with van der Waals surface area (Å²) in [6, 6.07) is 18.0. The molecule has 0 saturated carbocycles. The minimum atomic E-state index is -4.78. The van der Waals surface area contributed by atoms with Crippen LogP contribution in [-0.2, 0) is 0 Å². The number of halogens is 3. The third-order valence-corrected chi connectivity index (χ3v) is 3.55. The first-order valence-electron chi connectivity index (χ1n) is 7.69. The molecule has 0 aromatic heterocycles. The number of hydrogen-bond acceptors (Lipinski definition) is 4. The van der Waals surface area contributed by atoms with E-state index in [9.17, 15) is 23.3 Å². The Morgan fingerprint density at radius 2 is 1.44 bits per heavy atom. The molecule has 0 amide bonds. The Hall–Kier alpha value is -3.55. The number of para-hydroxylation sites is 1. The smallest absolute Gasteiger partial charge is 0.450 e. The Bertz CT molecular complexity index is 941. The maximum absolute atomic E-state index is 12.2. The number of ether oxygens (including phenoxy) is 2. The number of nitro groups is 1. The summed E-state index contributed by atoms with van der Waals surface area (Å²) in [6.07, 6.45) is -4.78. The molecule has 8 heteroatoms. The quantitative estimate of drug-likeness (QED) is 0.408. The van der Waals surface area contributed by atoms with Crippen molar-refractivity contribution in [2.24, 2.45) is 0 Å². The van der Waals surface area contributed by atoms with Gasteiger partial charge in [0, 0.05) is 6.07 Å². The van der Waals surface area contributed by atoms with E-state index in [1.54, 1.807) is 36.4 Å². The van der Waals surface area contributed by atoms with E-state index in [1.807, 2.05) is 0 Å². The maximum Gasteiger partial charge on any atom is 0.573 e. The molecule has 3 aromatic rings. The van der Waals surface area contributed by atoms with Crippen LogP contribution in [0.4, 0.5) is 18.9 Å². The average Bonchev–Trinajstić information content (AvgIpc) is 2.62. The fourth-order valence-corrected chi connectivity index (χ4v) is 2.39. The summed E-state index contributed by atoms with van der Waals surface area (Å²) < 4.78 is 46.0. The molecule has 0 N–H and O–H groups in total. The van der Waals surface area contributed by atoms with Gasteiger partial charge in [-0.05, 0) is 41.5 Å². The van der Waals surface area contributed by atoms with Gasteiger partial charge >= 0.3 is 12.0 Å². The maximum atomic E-state index is 12.2. The zero-order valence-corrected chi connectivity index (χ0v) is 13.6. The molecule has 138 valence electrons. The van der Waals surface area contributed by atoms with Crippen LogP contribution in [0.2, 0.25) is 0 Å². The Kier molecular flexibility index (Phi) is 4.98. The van der Waals surface area contributed by atoms with Crippen LogP contribution in [0.1, 0.15) is 0 Å². The van der Waals surface area contributed by atoms with Gasteiger partial charge in [0.2, 0.25) is 5.75 Å². The molecule has 0 aliphatic heterocycles. The molecule has 0 heterocycles. The normalized spacial score (nSPS) is 11.1. The molecule has 0 bridgehead atoms. The molecule has 0 aliphatic rings. The van der Waals surface area contributed by atoms with Crippen LogP contribution in [0, 0.1) is 10.1 Å². The lowest BCUT2D eigenvalue weighted by Gasteiger charge is -2.10. The second kappa shape index (κ2) is 7.36. The second-order valence-corrected chi connectivity index (χ2v) is 5.43. The number of nitrogens with zero attached hydrogens (tertiary/aromatic N) is 1. The summed E-state index contributed by atoms with van der Waals surface area (Å²) in [5, 5.41) is 11.4. The van der Waals surface area contributed by atoms with E-state index in [0.717, 1.165) is 12.1 Å². The lowest BCUT2D eigenvalue weighted by molar-refractivity contribution is -0.385. The van der Waals surface area contributed by atoms with E-state index >= 15 is 0 Å². The minimum absolute atomic E-state index is 0.0620. The molecule has 0 atom stereocenters. The fourth-order valence-electron chi connectivity index (χ4n) is 2.39. The molecule has 0 saturated heterocycles. The first-order chi connectivity index (χ1) is 12.8. The van der Waals surface area contributed by atoms with Crippen molar-refractivity contribution in [3.63, 3.8) is 0 Å². The molecule has 0 aliphatic carbocycles. The third-order valence-electron chi connectivity index (χ3n) is 3.55. The molecule has 0 spiro atoms. The van der Waals surface area contributed by atoms with Crippen LogP contribution >= 0.6 is 0 Å². The Labute approximate surface area is 151 Å². The van der Waals surface area contributed by atoms with E-state index in [2.05, 4.69) is 4.74 Å². The van der Waals surface area contributed by atoms with E-state index in [0.29, 0.717) is 16.9 Å². The molecule has 3 rings (SSSR count). The predicted octanol–water partition coefficient (Wildman–Crippen LogP) is 5.95. The van der Waals surface area contributed by atoms with Gasteiger partial charge in [-0.3, -0.25) is 10.1 Å². The lowest BCUT2D eigenvalue weighted by Crippen LogP contribution is -2.16. The van der Waals surface area contributed by atoms with Crippen LogP contribution in [0.15, 0.2) is 72.8 Å². The fraction of sp³-hybridized carbons (Fsp3) is 0.0526. The lowest BCUT2D eigenvalue weighted by atomic mass is 10.0. The number of hydrogen-bond donors (Lipinski definition) is 0. The van der Waals surface area contributed by atoms with Crippen molar-refractivity contribution in [2.75, 3.05) is 0 Å². The first kappa shape index (κ1) is 18.2. The third kappa shape index (κ3) is 4.75. The number of alkyl halides is 3. The van der Waals surface area contributed by atoms with Gasteiger partial charge < -0.3 is 9.47 Å². The largest absolute Gasteiger partial charge is 0.573 e. The van der Waals surface area contributed by atoms with Crippen molar-refractivity contribution in [2.45, 2.75) is 6.36 Å². The monoisotopic (exact) mass is 375 g/mol. The molecular weight excluding hydrogens is 363 g/mol. The van der Waals surface area contributed by atoms with Crippen molar-refractivity contribution in [1.82, 2.24) is 0 Å². The van der Waals surface area contributed by atoms with Crippen LogP contribution in [0.3, 0.4) is 0 Å². The van der Waals surface area contributed by atoms with Gasteiger partial charge in [-0.15, -0.1) is 13.2 Å². The van der Waals surface area contributed by atoms with Crippen molar-refractivity contribution in [3.05, 3.63) is 82.9 Å². The first-order valence-corrected chi connectivity index (χ1v) is 7.69. The molecule has 0 radical (unpaired) electrons. The van der Waals surface area contributed by atoms with Crippen molar-refractivity contribution < 1.29 is 27.6 Å². The highest BCUT2D eigenvalue weighted by Gasteiger charge is 2.31. The van der Waals surface area contributed by atoms with E-state index in [-0.39, 0.29) is 17.2 Å². The molecule has 27 heavy (non-hydrogen) atoms. The van der Waals surface area contributed by atoms with Gasteiger partial charge in [0.05, 0.1) is 4.92 Å². The van der Waals surface area contributed by atoms with E-state index in [4.69, 9.17) is 4.74 Å². The molecular formula is C19H12F3NO4. The van der Waals surface area contributed by atoms with Crippen molar-refractivity contribution in [1.29, 1.82) is 0 Å². The van der Waals surface area contributed by atoms with Crippen molar-refractivity contribution in [3.8, 4) is 28.4 Å². The van der Waals surface area contributed by atoms with Gasteiger partial charge in [-0.1, -0.05) is 36.4 Å². The van der Waals surface area contributed by atoms with Gasteiger partial charge in [0.25, 0.3) is 0 Å². The van der Waals surface area contributed by atoms with Crippen LogP contribution < -0.4 is 9.47 Å².